The number of carbonyl (C=O) groups is 1. The Morgan fingerprint density at radius 1 is 1.19 bits per heavy atom. The number of hydrogen-bond donors (Lipinski definition) is 0. The van der Waals surface area contributed by atoms with Crippen molar-refractivity contribution in [1.29, 1.82) is 0 Å². The first-order valence-electron chi connectivity index (χ1n) is 6.31. The lowest BCUT2D eigenvalue weighted by molar-refractivity contribution is -0.119. The van der Waals surface area contributed by atoms with E-state index in [4.69, 9.17) is 0 Å². The Kier molecular flexibility index (Phi) is 3.76. The highest BCUT2D eigenvalue weighted by Gasteiger charge is 2.18. The molecule has 0 unspecified atom stereocenters. The summed E-state index contributed by atoms with van der Waals surface area (Å²) < 4.78 is 0. The topological polar surface area (TPSA) is 17.1 Å². The number of benzene rings is 1. The Hall–Kier alpha value is -1.11. The highest BCUT2D eigenvalue weighted by atomic mass is 16.1. The molecule has 0 atom stereocenters. The van der Waals surface area contributed by atoms with Crippen molar-refractivity contribution in [3.63, 3.8) is 0 Å². The maximum Gasteiger partial charge on any atom is 0.137 e. The van der Waals surface area contributed by atoms with E-state index in [1.807, 2.05) is 0 Å². The van der Waals surface area contributed by atoms with Gasteiger partial charge >= 0.3 is 0 Å². The van der Waals surface area contributed by atoms with Crippen LogP contribution in [-0.2, 0) is 11.2 Å². The summed E-state index contributed by atoms with van der Waals surface area (Å²) in [5, 5.41) is 0. The zero-order valence-corrected chi connectivity index (χ0v) is 10.0. The summed E-state index contributed by atoms with van der Waals surface area (Å²) in [5.74, 6) is 1.09. The van der Waals surface area contributed by atoms with Crippen molar-refractivity contribution >= 4 is 5.78 Å². The Balaban J connectivity index is 1.84. The van der Waals surface area contributed by atoms with Crippen molar-refractivity contribution in [3.8, 4) is 0 Å². The van der Waals surface area contributed by atoms with Crippen LogP contribution < -0.4 is 0 Å². The highest BCUT2D eigenvalue weighted by Crippen LogP contribution is 2.28. The van der Waals surface area contributed by atoms with Crippen molar-refractivity contribution in [2.45, 2.75) is 45.4 Å². The summed E-state index contributed by atoms with van der Waals surface area (Å²) >= 11 is 0. The minimum atomic E-state index is 0.413. The van der Waals surface area contributed by atoms with Crippen molar-refractivity contribution in [2.75, 3.05) is 0 Å². The Morgan fingerprint density at radius 3 is 2.44 bits per heavy atom. The van der Waals surface area contributed by atoms with Gasteiger partial charge in [0.05, 0.1) is 0 Å². The second-order valence-electron chi connectivity index (χ2n) is 5.06. The van der Waals surface area contributed by atoms with Crippen molar-refractivity contribution in [2.24, 2.45) is 5.92 Å². The van der Waals surface area contributed by atoms with E-state index in [1.54, 1.807) is 0 Å². The molecule has 1 aliphatic rings. The van der Waals surface area contributed by atoms with Crippen LogP contribution in [0.15, 0.2) is 24.3 Å². The molecule has 0 aliphatic heterocycles. The standard InChI is InChI=1S/C15H20O/c1-12-6-8-14(9-7-12)11-15(16)10-13-4-2-3-5-13/h6-9,13H,2-5,10-11H2,1H3. The monoisotopic (exact) mass is 216 g/mol. The lowest BCUT2D eigenvalue weighted by Crippen LogP contribution is -2.08. The maximum atomic E-state index is 11.9. The van der Waals surface area contributed by atoms with Gasteiger partial charge in [0.1, 0.15) is 5.78 Å². The molecule has 0 spiro atoms. The second-order valence-corrected chi connectivity index (χ2v) is 5.06. The lowest BCUT2D eigenvalue weighted by Gasteiger charge is -2.07. The summed E-state index contributed by atoms with van der Waals surface area (Å²) in [5.41, 5.74) is 2.42. The molecule has 1 nitrogen and oxygen atoms in total. The van der Waals surface area contributed by atoms with Crippen LogP contribution in [0.25, 0.3) is 0 Å². The van der Waals surface area contributed by atoms with Gasteiger partial charge in [0.25, 0.3) is 0 Å². The third kappa shape index (κ3) is 3.19. The molecule has 1 saturated carbocycles. The molecule has 0 heterocycles. The fraction of sp³-hybridized carbons (Fsp3) is 0.533. The number of Topliss-reactive ketones (excluding diaryl/α,β-unsaturated/α-hetero) is 1. The fourth-order valence-corrected chi connectivity index (χ4v) is 2.54. The van der Waals surface area contributed by atoms with Gasteiger partial charge in [-0.3, -0.25) is 4.79 Å². The van der Waals surface area contributed by atoms with Gasteiger partial charge in [0.15, 0.2) is 0 Å². The number of ketones is 1. The summed E-state index contributed by atoms with van der Waals surface area (Å²) in [4.78, 5) is 11.9. The Morgan fingerprint density at radius 2 is 1.81 bits per heavy atom. The molecule has 0 amide bonds. The third-order valence-electron chi connectivity index (χ3n) is 3.51. The van der Waals surface area contributed by atoms with Crippen LogP contribution in [0.4, 0.5) is 0 Å². The number of carbonyl (C=O) groups excluding carboxylic acids is 1. The van der Waals surface area contributed by atoms with E-state index in [2.05, 4.69) is 31.2 Å². The van der Waals surface area contributed by atoms with Gasteiger partial charge in [0, 0.05) is 12.8 Å². The van der Waals surface area contributed by atoms with E-state index in [0.29, 0.717) is 18.1 Å². The Labute approximate surface area is 97.9 Å². The molecule has 0 bridgehead atoms. The predicted molar refractivity (Wildman–Crippen MR) is 66.5 cm³/mol. The molecule has 1 aliphatic carbocycles. The molecule has 1 fully saturated rings. The third-order valence-corrected chi connectivity index (χ3v) is 3.51. The van der Waals surface area contributed by atoms with Gasteiger partial charge in [-0.2, -0.15) is 0 Å². The van der Waals surface area contributed by atoms with Gasteiger partial charge in [-0.25, -0.2) is 0 Å². The first-order valence-corrected chi connectivity index (χ1v) is 6.31. The normalized spacial score (nSPS) is 16.6. The molecule has 0 N–H and O–H groups in total. The summed E-state index contributed by atoms with van der Waals surface area (Å²) in [6.07, 6.45) is 6.59. The average molecular weight is 216 g/mol. The van der Waals surface area contributed by atoms with Crippen LogP contribution in [0.2, 0.25) is 0 Å². The van der Waals surface area contributed by atoms with Crippen molar-refractivity contribution in [1.82, 2.24) is 0 Å². The van der Waals surface area contributed by atoms with Crippen molar-refractivity contribution < 1.29 is 4.79 Å². The molecule has 0 radical (unpaired) electrons. The van der Waals surface area contributed by atoms with Crippen LogP contribution in [0, 0.1) is 12.8 Å². The number of hydrogen-bond acceptors (Lipinski definition) is 1. The molecule has 86 valence electrons. The smallest absolute Gasteiger partial charge is 0.137 e. The number of rotatable bonds is 4. The fourth-order valence-electron chi connectivity index (χ4n) is 2.54. The molecule has 1 heteroatoms. The van der Waals surface area contributed by atoms with Crippen LogP contribution in [-0.4, -0.2) is 5.78 Å². The molecular formula is C15H20O. The van der Waals surface area contributed by atoms with Crippen LogP contribution >= 0.6 is 0 Å². The van der Waals surface area contributed by atoms with E-state index < -0.39 is 0 Å². The molecule has 1 aromatic carbocycles. The van der Waals surface area contributed by atoms with E-state index in [0.717, 1.165) is 12.0 Å². The molecule has 0 saturated heterocycles. The second kappa shape index (κ2) is 5.29. The van der Waals surface area contributed by atoms with Gasteiger partial charge < -0.3 is 0 Å². The van der Waals surface area contributed by atoms with Gasteiger partial charge in [-0.1, -0.05) is 55.5 Å². The van der Waals surface area contributed by atoms with E-state index in [-0.39, 0.29) is 0 Å². The molecule has 2 rings (SSSR count). The minimum absolute atomic E-state index is 0.413. The molecule has 1 aromatic rings. The summed E-state index contributed by atoms with van der Waals surface area (Å²) in [7, 11) is 0. The zero-order chi connectivity index (χ0) is 11.4. The minimum Gasteiger partial charge on any atom is -0.299 e. The van der Waals surface area contributed by atoms with Crippen LogP contribution in [0.1, 0.15) is 43.2 Å². The van der Waals surface area contributed by atoms with Gasteiger partial charge in [0.2, 0.25) is 0 Å². The van der Waals surface area contributed by atoms with Crippen LogP contribution in [0.5, 0.6) is 0 Å². The Bertz CT molecular complexity index is 344. The summed E-state index contributed by atoms with van der Waals surface area (Å²) in [6, 6.07) is 8.31. The molecule has 0 aromatic heterocycles. The maximum absolute atomic E-state index is 11.9. The summed E-state index contributed by atoms with van der Waals surface area (Å²) in [6.45, 7) is 2.07. The van der Waals surface area contributed by atoms with E-state index in [9.17, 15) is 4.79 Å². The largest absolute Gasteiger partial charge is 0.299 e. The van der Waals surface area contributed by atoms with E-state index >= 15 is 0 Å². The van der Waals surface area contributed by atoms with Gasteiger partial charge in [-0.15, -0.1) is 0 Å². The number of aryl methyl sites for hydroxylation is 1. The average Bonchev–Trinajstić information content (AvgIpc) is 2.74. The van der Waals surface area contributed by atoms with Crippen LogP contribution in [0.3, 0.4) is 0 Å². The lowest BCUT2D eigenvalue weighted by atomic mass is 9.97. The first-order chi connectivity index (χ1) is 7.74. The SMILES string of the molecule is Cc1ccc(CC(=O)CC2CCCC2)cc1. The predicted octanol–water partition coefficient (Wildman–Crippen LogP) is 3.69. The van der Waals surface area contributed by atoms with Crippen molar-refractivity contribution in [3.05, 3.63) is 35.4 Å². The quantitative estimate of drug-likeness (QED) is 0.750. The van der Waals surface area contributed by atoms with E-state index in [1.165, 1.54) is 31.2 Å². The van der Waals surface area contributed by atoms with Gasteiger partial charge in [-0.05, 0) is 18.4 Å². The zero-order valence-electron chi connectivity index (χ0n) is 10.0. The molecular weight excluding hydrogens is 196 g/mol. The molecule has 16 heavy (non-hydrogen) atoms. The first kappa shape index (κ1) is 11.4. The highest BCUT2D eigenvalue weighted by molar-refractivity contribution is 5.81.